The molecule has 0 atom stereocenters. The minimum atomic E-state index is -4.39. The molecule has 21 heavy (non-hydrogen) atoms. The number of fused-ring (bicyclic) bond motifs is 1. The Morgan fingerprint density at radius 2 is 1.90 bits per heavy atom. The van der Waals surface area contributed by atoms with Crippen LogP contribution in [0.1, 0.15) is 6.42 Å². The van der Waals surface area contributed by atoms with E-state index in [1.54, 1.807) is 5.32 Å². The second-order valence-corrected chi connectivity index (χ2v) is 4.65. The summed E-state index contributed by atoms with van der Waals surface area (Å²) in [6.45, 7) is -0.315. The molecular formula is C14H16F3N3O. The zero-order chi connectivity index (χ0) is 15.3. The first-order valence-electron chi connectivity index (χ1n) is 6.58. The smallest absolute Gasteiger partial charge is 0.347 e. The molecule has 2 aromatic rings. The van der Waals surface area contributed by atoms with Crippen LogP contribution in [0.3, 0.4) is 0 Å². The Morgan fingerprint density at radius 3 is 2.67 bits per heavy atom. The van der Waals surface area contributed by atoms with Gasteiger partial charge in [-0.25, -0.2) is 4.79 Å². The molecule has 2 amide bonds. The zero-order valence-corrected chi connectivity index (χ0v) is 11.3. The molecule has 1 aromatic carbocycles. The van der Waals surface area contributed by atoms with Crippen molar-refractivity contribution in [3.63, 3.8) is 0 Å². The van der Waals surface area contributed by atoms with Crippen molar-refractivity contribution >= 4 is 16.9 Å². The molecule has 1 aromatic heterocycles. The van der Waals surface area contributed by atoms with Crippen LogP contribution in [0.2, 0.25) is 0 Å². The van der Waals surface area contributed by atoms with E-state index >= 15 is 0 Å². The number of para-hydroxylation sites is 1. The van der Waals surface area contributed by atoms with Crippen molar-refractivity contribution in [3.8, 4) is 0 Å². The number of rotatable bonds is 5. The highest BCUT2D eigenvalue weighted by atomic mass is 19.4. The highest BCUT2D eigenvalue weighted by molar-refractivity contribution is 5.79. The highest BCUT2D eigenvalue weighted by Gasteiger charge is 2.27. The van der Waals surface area contributed by atoms with Crippen molar-refractivity contribution in [1.29, 1.82) is 0 Å². The van der Waals surface area contributed by atoms with Crippen LogP contribution in [0.25, 0.3) is 10.9 Å². The third-order valence-corrected chi connectivity index (χ3v) is 2.99. The van der Waals surface area contributed by atoms with Crippen LogP contribution >= 0.6 is 0 Å². The van der Waals surface area contributed by atoms with Gasteiger partial charge in [-0.3, -0.25) is 0 Å². The van der Waals surface area contributed by atoms with Crippen LogP contribution in [0.15, 0.2) is 36.5 Å². The van der Waals surface area contributed by atoms with Crippen molar-refractivity contribution in [2.75, 3.05) is 13.1 Å². The van der Waals surface area contributed by atoms with Gasteiger partial charge in [-0.1, -0.05) is 18.2 Å². The van der Waals surface area contributed by atoms with Crippen molar-refractivity contribution in [2.24, 2.45) is 0 Å². The van der Waals surface area contributed by atoms with E-state index in [-0.39, 0.29) is 0 Å². The number of alkyl halides is 3. The van der Waals surface area contributed by atoms with E-state index in [0.717, 1.165) is 10.9 Å². The molecular weight excluding hydrogens is 283 g/mol. The SMILES string of the molecule is O=C(NCCCn1ccc2ccccc21)NCC(F)(F)F. The third kappa shape index (κ3) is 4.70. The first-order valence-corrected chi connectivity index (χ1v) is 6.58. The third-order valence-electron chi connectivity index (χ3n) is 2.99. The van der Waals surface area contributed by atoms with Gasteiger partial charge >= 0.3 is 12.2 Å². The number of carbonyl (C=O) groups excluding carboxylic acids is 1. The van der Waals surface area contributed by atoms with Gasteiger partial charge in [-0.05, 0) is 23.9 Å². The van der Waals surface area contributed by atoms with Crippen LogP contribution in [0.5, 0.6) is 0 Å². The summed E-state index contributed by atoms with van der Waals surface area (Å²) in [4.78, 5) is 11.1. The maximum Gasteiger partial charge on any atom is 0.405 e. The number of nitrogens with one attached hydrogen (secondary N) is 2. The predicted octanol–water partition coefficient (Wildman–Crippen LogP) is 2.89. The quantitative estimate of drug-likeness (QED) is 0.819. The summed E-state index contributed by atoms with van der Waals surface area (Å²) in [6, 6.07) is 9.11. The second kappa shape index (κ2) is 6.51. The van der Waals surface area contributed by atoms with E-state index in [4.69, 9.17) is 0 Å². The molecule has 2 rings (SSSR count). The summed E-state index contributed by atoms with van der Waals surface area (Å²) in [7, 11) is 0. The van der Waals surface area contributed by atoms with Gasteiger partial charge in [0, 0.05) is 24.8 Å². The average molecular weight is 299 g/mol. The lowest BCUT2D eigenvalue weighted by Gasteiger charge is -2.10. The molecule has 0 bridgehead atoms. The fourth-order valence-corrected chi connectivity index (χ4v) is 2.03. The van der Waals surface area contributed by atoms with Gasteiger partial charge in [0.15, 0.2) is 0 Å². The van der Waals surface area contributed by atoms with Gasteiger partial charge in [-0.15, -0.1) is 0 Å². The number of nitrogens with zero attached hydrogens (tertiary/aromatic N) is 1. The van der Waals surface area contributed by atoms with Crippen LogP contribution in [0.4, 0.5) is 18.0 Å². The maximum atomic E-state index is 11.9. The minimum Gasteiger partial charge on any atom is -0.347 e. The summed E-state index contributed by atoms with van der Waals surface area (Å²) in [5, 5.41) is 5.30. The molecule has 0 aliphatic carbocycles. The van der Waals surface area contributed by atoms with E-state index in [2.05, 4.69) is 5.32 Å². The normalized spacial score (nSPS) is 11.6. The first kappa shape index (κ1) is 15.2. The van der Waals surface area contributed by atoms with E-state index in [1.807, 2.05) is 41.1 Å². The van der Waals surface area contributed by atoms with Gasteiger partial charge in [0.1, 0.15) is 6.54 Å². The average Bonchev–Trinajstić information content (AvgIpc) is 2.84. The molecule has 0 saturated heterocycles. The molecule has 0 aliphatic rings. The largest absolute Gasteiger partial charge is 0.405 e. The topological polar surface area (TPSA) is 46.1 Å². The standard InChI is InChI=1S/C14H16F3N3O/c15-14(16,17)10-19-13(21)18-7-3-8-20-9-6-11-4-1-2-5-12(11)20/h1-2,4-6,9H,3,7-8,10H2,(H2,18,19,21). The predicted molar refractivity (Wildman–Crippen MR) is 74.0 cm³/mol. The second-order valence-electron chi connectivity index (χ2n) is 4.65. The fourth-order valence-electron chi connectivity index (χ4n) is 2.03. The Labute approximate surface area is 119 Å². The van der Waals surface area contributed by atoms with Crippen LogP contribution in [-0.4, -0.2) is 29.9 Å². The molecule has 0 unspecified atom stereocenters. The molecule has 0 radical (unpaired) electrons. The number of halogens is 3. The van der Waals surface area contributed by atoms with Crippen LogP contribution in [0, 0.1) is 0 Å². The fraction of sp³-hybridized carbons (Fsp3) is 0.357. The molecule has 2 N–H and O–H groups in total. The minimum absolute atomic E-state index is 0.316. The molecule has 0 aliphatic heterocycles. The number of benzene rings is 1. The van der Waals surface area contributed by atoms with Gasteiger partial charge in [0.2, 0.25) is 0 Å². The zero-order valence-electron chi connectivity index (χ0n) is 11.3. The number of hydrogen-bond acceptors (Lipinski definition) is 1. The molecule has 7 heteroatoms. The number of amides is 2. The summed E-state index contributed by atoms with van der Waals surface area (Å²) < 4.78 is 37.7. The first-order chi connectivity index (χ1) is 9.96. The Kier molecular flexibility index (Phi) is 4.72. The number of carbonyl (C=O) groups is 1. The number of aromatic nitrogens is 1. The Balaban J connectivity index is 1.71. The lowest BCUT2D eigenvalue weighted by Crippen LogP contribution is -2.41. The number of urea groups is 1. The van der Waals surface area contributed by atoms with Gasteiger partial charge in [0.05, 0.1) is 0 Å². The van der Waals surface area contributed by atoms with Gasteiger partial charge in [0.25, 0.3) is 0 Å². The summed E-state index contributed by atoms with van der Waals surface area (Å²) in [5.74, 6) is 0. The molecule has 0 spiro atoms. The summed E-state index contributed by atoms with van der Waals surface area (Å²) in [5.41, 5.74) is 1.10. The summed E-state index contributed by atoms with van der Waals surface area (Å²) >= 11 is 0. The van der Waals surface area contributed by atoms with E-state index in [0.29, 0.717) is 19.5 Å². The van der Waals surface area contributed by atoms with Crippen molar-refractivity contribution in [1.82, 2.24) is 15.2 Å². The van der Waals surface area contributed by atoms with E-state index < -0.39 is 18.8 Å². The lowest BCUT2D eigenvalue weighted by molar-refractivity contribution is -0.122. The lowest BCUT2D eigenvalue weighted by atomic mass is 10.2. The Hall–Kier alpha value is -2.18. The summed E-state index contributed by atoms with van der Waals surface area (Å²) in [6.07, 6.45) is -1.80. The van der Waals surface area contributed by atoms with Crippen LogP contribution < -0.4 is 10.6 Å². The number of hydrogen-bond donors (Lipinski definition) is 2. The van der Waals surface area contributed by atoms with Crippen molar-refractivity contribution < 1.29 is 18.0 Å². The van der Waals surface area contributed by atoms with E-state index in [9.17, 15) is 18.0 Å². The molecule has 0 saturated carbocycles. The number of aryl methyl sites for hydroxylation is 1. The molecule has 4 nitrogen and oxygen atoms in total. The van der Waals surface area contributed by atoms with Gasteiger partial charge in [-0.2, -0.15) is 13.2 Å². The van der Waals surface area contributed by atoms with E-state index in [1.165, 1.54) is 0 Å². The van der Waals surface area contributed by atoms with Crippen molar-refractivity contribution in [3.05, 3.63) is 36.5 Å². The van der Waals surface area contributed by atoms with Crippen LogP contribution in [-0.2, 0) is 6.54 Å². The maximum absolute atomic E-state index is 11.9. The molecule has 0 fully saturated rings. The molecule has 114 valence electrons. The highest BCUT2D eigenvalue weighted by Crippen LogP contribution is 2.15. The molecule has 1 heterocycles. The monoisotopic (exact) mass is 299 g/mol. The van der Waals surface area contributed by atoms with Crippen molar-refractivity contribution in [2.45, 2.75) is 19.1 Å². The Bertz CT molecular complexity index is 607. The van der Waals surface area contributed by atoms with Gasteiger partial charge < -0.3 is 15.2 Å². The Morgan fingerprint density at radius 1 is 1.14 bits per heavy atom.